The van der Waals surface area contributed by atoms with E-state index in [0.29, 0.717) is 10.9 Å². The number of furan rings is 1. The zero-order valence-corrected chi connectivity index (χ0v) is 18.2. The van der Waals surface area contributed by atoms with Crippen molar-refractivity contribution in [3.05, 3.63) is 53.0 Å². The normalized spacial score (nSPS) is 18.2. The highest BCUT2D eigenvalue weighted by Crippen LogP contribution is 2.30. The Morgan fingerprint density at radius 1 is 1.13 bits per heavy atom. The van der Waals surface area contributed by atoms with Crippen LogP contribution in [0.25, 0.3) is 0 Å². The van der Waals surface area contributed by atoms with Gasteiger partial charge in [-0.3, -0.25) is 10.2 Å². The van der Waals surface area contributed by atoms with E-state index in [0.717, 1.165) is 73.7 Å². The number of aryl methyl sites for hydroxylation is 1. The predicted octanol–water partition coefficient (Wildman–Crippen LogP) is 3.00. The quantitative estimate of drug-likeness (QED) is 0.582. The van der Waals surface area contributed by atoms with Gasteiger partial charge in [0.1, 0.15) is 5.76 Å². The Morgan fingerprint density at radius 2 is 1.87 bits per heavy atom. The molecule has 30 heavy (non-hydrogen) atoms. The van der Waals surface area contributed by atoms with Crippen molar-refractivity contribution in [1.82, 2.24) is 15.2 Å². The first-order valence-corrected chi connectivity index (χ1v) is 10.7. The molecule has 8 heteroatoms. The van der Waals surface area contributed by atoms with E-state index < -0.39 is 0 Å². The number of carbonyl (C=O) groups is 1. The molecule has 158 valence electrons. The van der Waals surface area contributed by atoms with Crippen molar-refractivity contribution in [2.45, 2.75) is 26.2 Å². The number of carbonyl (C=O) groups excluding carboxylic acids is 1. The van der Waals surface area contributed by atoms with Crippen LogP contribution < -0.4 is 10.7 Å². The molecule has 1 aliphatic heterocycles. The van der Waals surface area contributed by atoms with Crippen LogP contribution in [0.5, 0.6) is 0 Å². The minimum Gasteiger partial charge on any atom is -0.455 e. The minimum atomic E-state index is -0.0245. The lowest BCUT2D eigenvalue weighted by molar-refractivity contribution is 0.0629. The lowest BCUT2D eigenvalue weighted by Crippen LogP contribution is -2.47. The Hall–Kier alpha value is -2.71. The number of fused-ring (bicyclic) bond motifs is 1. The van der Waals surface area contributed by atoms with E-state index >= 15 is 0 Å². The number of thiocarbonyl (C=S) groups is 1. The summed E-state index contributed by atoms with van der Waals surface area (Å²) in [6.07, 6.45) is 2.57. The zero-order valence-electron chi connectivity index (χ0n) is 17.4. The van der Waals surface area contributed by atoms with Crippen LogP contribution in [0.2, 0.25) is 0 Å². The minimum absolute atomic E-state index is 0.0245. The smallest absolute Gasteiger partial charge is 0.289 e. The second kappa shape index (κ2) is 8.97. The Bertz CT molecular complexity index is 961. The molecule has 0 spiro atoms. The number of nitrogens with one attached hydrogen (secondary N) is 2. The molecule has 1 amide bonds. The number of piperazine rings is 1. The standard InChI is InChI=1S/C22H27N5O2S/c1-15-19-17(24-25-22(30)23-16-7-4-3-5-8-16)9-6-10-18(19)29-20(15)21(28)27-13-11-26(2)12-14-27/h3-5,7-8H,6,9-14H2,1-2H3,(H2,23,25,30)/b24-17+. The molecule has 7 nitrogen and oxygen atoms in total. The third-order valence-corrected chi connectivity index (χ3v) is 5.83. The van der Waals surface area contributed by atoms with Crippen molar-refractivity contribution >= 4 is 34.6 Å². The summed E-state index contributed by atoms with van der Waals surface area (Å²) in [4.78, 5) is 17.2. The third-order valence-electron chi connectivity index (χ3n) is 5.63. The Balaban J connectivity index is 1.50. The van der Waals surface area contributed by atoms with Gasteiger partial charge in [0.2, 0.25) is 0 Å². The van der Waals surface area contributed by atoms with E-state index in [1.807, 2.05) is 42.2 Å². The highest BCUT2D eigenvalue weighted by atomic mass is 32.1. The summed E-state index contributed by atoms with van der Waals surface area (Å²) in [6.45, 7) is 5.17. The lowest BCUT2D eigenvalue weighted by Gasteiger charge is -2.31. The number of amides is 1. The van der Waals surface area contributed by atoms with Crippen molar-refractivity contribution in [3.8, 4) is 0 Å². The number of likely N-dealkylation sites (N-methyl/N-ethyl adjacent to an activating group) is 1. The molecule has 2 N–H and O–H groups in total. The van der Waals surface area contributed by atoms with Crippen LogP contribution >= 0.6 is 12.2 Å². The van der Waals surface area contributed by atoms with Gasteiger partial charge in [0, 0.05) is 49.4 Å². The topological polar surface area (TPSA) is 73.1 Å². The SMILES string of the molecule is Cc1c(C(=O)N2CCN(C)CC2)oc2c1/C(=N/NC(=S)Nc1ccccc1)CCC2. The van der Waals surface area contributed by atoms with Gasteiger partial charge in [0.15, 0.2) is 10.9 Å². The average molecular weight is 426 g/mol. The molecular formula is C22H27N5O2S. The third kappa shape index (κ3) is 4.39. The maximum Gasteiger partial charge on any atom is 0.289 e. The van der Waals surface area contributed by atoms with Gasteiger partial charge in [-0.1, -0.05) is 18.2 Å². The van der Waals surface area contributed by atoms with E-state index in [9.17, 15) is 4.79 Å². The largest absolute Gasteiger partial charge is 0.455 e. The van der Waals surface area contributed by atoms with Crippen molar-refractivity contribution in [2.75, 3.05) is 38.5 Å². The molecule has 1 saturated heterocycles. The summed E-state index contributed by atoms with van der Waals surface area (Å²) >= 11 is 5.36. The Morgan fingerprint density at radius 3 is 2.60 bits per heavy atom. The summed E-state index contributed by atoms with van der Waals surface area (Å²) in [5.74, 6) is 1.27. The van der Waals surface area contributed by atoms with Gasteiger partial charge in [-0.05, 0) is 51.2 Å². The van der Waals surface area contributed by atoms with Crippen molar-refractivity contribution in [1.29, 1.82) is 0 Å². The highest BCUT2D eigenvalue weighted by Gasteiger charge is 2.31. The summed E-state index contributed by atoms with van der Waals surface area (Å²) in [6, 6.07) is 9.72. The van der Waals surface area contributed by atoms with Crippen molar-refractivity contribution < 1.29 is 9.21 Å². The number of hydrazone groups is 1. The van der Waals surface area contributed by atoms with Crippen LogP contribution in [0, 0.1) is 6.92 Å². The number of rotatable bonds is 3. The van der Waals surface area contributed by atoms with Gasteiger partial charge in [-0.15, -0.1) is 0 Å². The average Bonchev–Trinajstić information content (AvgIpc) is 3.10. The van der Waals surface area contributed by atoms with E-state index in [1.54, 1.807) is 0 Å². The van der Waals surface area contributed by atoms with Crippen LogP contribution in [0.1, 0.15) is 40.3 Å². The fourth-order valence-electron chi connectivity index (χ4n) is 3.94. The molecular weight excluding hydrogens is 398 g/mol. The molecule has 0 bridgehead atoms. The summed E-state index contributed by atoms with van der Waals surface area (Å²) in [5, 5.41) is 8.09. The second-order valence-electron chi connectivity index (χ2n) is 7.79. The number of hydrogen-bond donors (Lipinski definition) is 2. The van der Waals surface area contributed by atoms with Gasteiger partial charge in [0.25, 0.3) is 5.91 Å². The fourth-order valence-corrected chi connectivity index (χ4v) is 4.10. The molecule has 1 aliphatic carbocycles. The number of nitrogens with zero attached hydrogens (tertiary/aromatic N) is 3. The first kappa shape index (κ1) is 20.6. The van der Waals surface area contributed by atoms with Crippen molar-refractivity contribution in [3.63, 3.8) is 0 Å². The monoisotopic (exact) mass is 425 g/mol. The van der Waals surface area contributed by atoms with Crippen LogP contribution in [0.3, 0.4) is 0 Å². The zero-order chi connectivity index (χ0) is 21.1. The van der Waals surface area contributed by atoms with E-state index in [4.69, 9.17) is 16.6 Å². The van der Waals surface area contributed by atoms with E-state index in [2.05, 4.69) is 27.8 Å². The van der Waals surface area contributed by atoms with Crippen LogP contribution in [-0.2, 0) is 6.42 Å². The van der Waals surface area contributed by atoms with E-state index in [-0.39, 0.29) is 5.91 Å². The first-order chi connectivity index (χ1) is 14.5. The van der Waals surface area contributed by atoms with Crippen LogP contribution in [0.15, 0.2) is 39.9 Å². The van der Waals surface area contributed by atoms with Gasteiger partial charge in [-0.2, -0.15) is 5.10 Å². The predicted molar refractivity (Wildman–Crippen MR) is 122 cm³/mol. The number of anilines is 1. The number of hydrogen-bond acceptors (Lipinski definition) is 5. The van der Waals surface area contributed by atoms with Crippen LogP contribution in [-0.4, -0.2) is 59.8 Å². The Kier molecular flexibility index (Phi) is 6.15. The molecule has 4 rings (SSSR count). The molecule has 0 unspecified atom stereocenters. The molecule has 2 heterocycles. The molecule has 0 radical (unpaired) electrons. The van der Waals surface area contributed by atoms with Crippen molar-refractivity contribution in [2.24, 2.45) is 5.10 Å². The molecule has 2 aromatic rings. The number of benzene rings is 1. The second-order valence-corrected chi connectivity index (χ2v) is 8.20. The summed E-state index contributed by atoms with van der Waals surface area (Å²) in [7, 11) is 2.07. The molecule has 1 fully saturated rings. The van der Waals surface area contributed by atoms with Gasteiger partial charge in [0.05, 0.1) is 5.71 Å². The van der Waals surface area contributed by atoms with Gasteiger partial charge < -0.3 is 19.5 Å². The molecule has 2 aliphatic rings. The maximum atomic E-state index is 13.0. The van der Waals surface area contributed by atoms with E-state index in [1.165, 1.54) is 0 Å². The molecule has 1 aromatic carbocycles. The first-order valence-electron chi connectivity index (χ1n) is 10.3. The Labute approximate surface area is 182 Å². The highest BCUT2D eigenvalue weighted by molar-refractivity contribution is 7.80. The van der Waals surface area contributed by atoms with Gasteiger partial charge in [-0.25, -0.2) is 0 Å². The summed E-state index contributed by atoms with van der Waals surface area (Å²) < 4.78 is 6.05. The number of para-hydroxylation sites is 1. The molecule has 0 atom stereocenters. The van der Waals surface area contributed by atoms with Gasteiger partial charge >= 0.3 is 0 Å². The molecule has 0 saturated carbocycles. The maximum absolute atomic E-state index is 13.0. The van der Waals surface area contributed by atoms with Crippen LogP contribution in [0.4, 0.5) is 5.69 Å². The summed E-state index contributed by atoms with van der Waals surface area (Å²) in [5.41, 5.74) is 6.55. The lowest BCUT2D eigenvalue weighted by atomic mass is 9.93. The molecule has 1 aromatic heterocycles. The fraction of sp³-hybridized carbons (Fsp3) is 0.409.